The molecule has 0 unspecified atom stereocenters. The number of hydrogen-bond acceptors (Lipinski definition) is 1. The van der Waals surface area contributed by atoms with Crippen molar-refractivity contribution in [2.45, 2.75) is 45.4 Å². The van der Waals surface area contributed by atoms with Gasteiger partial charge in [-0.3, -0.25) is 4.79 Å². The second-order valence-electron chi connectivity index (χ2n) is 5.18. The molecule has 0 spiro atoms. The molecule has 1 aromatic carbocycles. The zero-order chi connectivity index (χ0) is 13.2. The van der Waals surface area contributed by atoms with Gasteiger partial charge in [-0.25, -0.2) is 0 Å². The number of ketones is 1. The monoisotopic (exact) mass is 284 g/mol. The first-order valence-corrected chi connectivity index (χ1v) is 7.30. The van der Waals surface area contributed by atoms with Crippen LogP contribution >= 0.6 is 23.2 Å². The molecule has 0 amide bonds. The minimum Gasteiger partial charge on any atom is -0.299 e. The Bertz CT molecular complexity index is 448. The van der Waals surface area contributed by atoms with Crippen LogP contribution in [0.2, 0.25) is 10.0 Å². The molecule has 0 heterocycles. The van der Waals surface area contributed by atoms with Gasteiger partial charge in [-0.15, -0.1) is 0 Å². The lowest BCUT2D eigenvalue weighted by Gasteiger charge is -2.25. The molecule has 1 fully saturated rings. The standard InChI is InChI=1S/C15H18Cl2O/c1-2-15(7-3-4-8-15)14(18)9-11-5-6-12(16)10-13(11)17/h5-6,10H,2-4,7-9H2,1H3. The lowest BCUT2D eigenvalue weighted by Crippen LogP contribution is -2.28. The Morgan fingerprint density at radius 1 is 1.28 bits per heavy atom. The molecule has 0 aliphatic heterocycles. The molecule has 0 atom stereocenters. The third-order valence-corrected chi connectivity index (χ3v) is 4.78. The van der Waals surface area contributed by atoms with Crippen LogP contribution in [0.15, 0.2) is 18.2 Å². The first-order valence-electron chi connectivity index (χ1n) is 6.54. The highest BCUT2D eigenvalue weighted by Gasteiger charge is 2.38. The maximum absolute atomic E-state index is 12.5. The van der Waals surface area contributed by atoms with Crippen molar-refractivity contribution in [3.8, 4) is 0 Å². The molecular formula is C15H18Cl2O. The number of carbonyl (C=O) groups is 1. The third-order valence-electron chi connectivity index (χ3n) is 4.20. The van der Waals surface area contributed by atoms with Gasteiger partial charge in [0, 0.05) is 21.9 Å². The molecule has 0 aromatic heterocycles. The Morgan fingerprint density at radius 2 is 1.94 bits per heavy atom. The van der Waals surface area contributed by atoms with Gasteiger partial charge in [0.1, 0.15) is 5.78 Å². The molecule has 0 radical (unpaired) electrons. The van der Waals surface area contributed by atoms with E-state index in [9.17, 15) is 4.79 Å². The van der Waals surface area contributed by atoms with Crippen molar-refractivity contribution >= 4 is 29.0 Å². The minimum absolute atomic E-state index is 0.0943. The molecule has 1 aliphatic rings. The Labute approximate surface area is 118 Å². The Morgan fingerprint density at radius 3 is 2.50 bits per heavy atom. The van der Waals surface area contributed by atoms with Crippen LogP contribution in [0.1, 0.15) is 44.6 Å². The van der Waals surface area contributed by atoms with Crippen molar-refractivity contribution in [3.63, 3.8) is 0 Å². The first-order chi connectivity index (χ1) is 8.57. The summed E-state index contributed by atoms with van der Waals surface area (Å²) in [4.78, 5) is 12.5. The second kappa shape index (κ2) is 5.63. The average Bonchev–Trinajstić information content (AvgIpc) is 2.82. The van der Waals surface area contributed by atoms with E-state index in [1.54, 1.807) is 12.1 Å². The predicted molar refractivity (Wildman–Crippen MR) is 76.4 cm³/mol. The maximum Gasteiger partial charge on any atom is 0.143 e. The number of Topliss-reactive ketones (excluding diaryl/α,β-unsaturated/α-hetero) is 1. The average molecular weight is 285 g/mol. The van der Waals surface area contributed by atoms with Gasteiger partial charge in [-0.05, 0) is 37.0 Å². The maximum atomic E-state index is 12.5. The lowest BCUT2D eigenvalue weighted by molar-refractivity contribution is -0.128. The number of hydrogen-bond donors (Lipinski definition) is 0. The third kappa shape index (κ3) is 2.73. The van der Waals surface area contributed by atoms with Crippen LogP contribution in [0, 0.1) is 5.41 Å². The molecule has 0 bridgehead atoms. The van der Waals surface area contributed by atoms with Crippen LogP contribution in [-0.4, -0.2) is 5.78 Å². The Hall–Kier alpha value is -0.530. The normalized spacial score (nSPS) is 17.9. The van der Waals surface area contributed by atoms with Crippen molar-refractivity contribution in [3.05, 3.63) is 33.8 Å². The van der Waals surface area contributed by atoms with Gasteiger partial charge in [-0.1, -0.05) is 49.0 Å². The fourth-order valence-electron chi connectivity index (χ4n) is 2.91. The quantitative estimate of drug-likeness (QED) is 0.754. The van der Waals surface area contributed by atoms with Crippen molar-refractivity contribution in [1.82, 2.24) is 0 Å². The molecule has 3 heteroatoms. The van der Waals surface area contributed by atoms with Crippen LogP contribution in [-0.2, 0) is 11.2 Å². The number of rotatable bonds is 4. The fourth-order valence-corrected chi connectivity index (χ4v) is 3.38. The zero-order valence-electron chi connectivity index (χ0n) is 10.6. The van der Waals surface area contributed by atoms with Crippen LogP contribution < -0.4 is 0 Å². The molecule has 98 valence electrons. The fraction of sp³-hybridized carbons (Fsp3) is 0.533. The summed E-state index contributed by atoms with van der Waals surface area (Å²) < 4.78 is 0. The van der Waals surface area contributed by atoms with Crippen LogP contribution in [0.3, 0.4) is 0 Å². The van der Waals surface area contributed by atoms with Crippen molar-refractivity contribution in [2.75, 3.05) is 0 Å². The molecule has 0 saturated heterocycles. The highest BCUT2D eigenvalue weighted by atomic mass is 35.5. The van der Waals surface area contributed by atoms with Gasteiger partial charge in [0.2, 0.25) is 0 Å². The van der Waals surface area contributed by atoms with Crippen LogP contribution in [0.5, 0.6) is 0 Å². The number of benzene rings is 1. The summed E-state index contributed by atoms with van der Waals surface area (Å²) in [5, 5.41) is 1.21. The van der Waals surface area contributed by atoms with Gasteiger partial charge in [0.15, 0.2) is 0 Å². The van der Waals surface area contributed by atoms with Crippen molar-refractivity contribution < 1.29 is 4.79 Å². The Balaban J connectivity index is 2.15. The molecule has 1 saturated carbocycles. The molecule has 1 aromatic rings. The van der Waals surface area contributed by atoms with Gasteiger partial charge in [0.25, 0.3) is 0 Å². The van der Waals surface area contributed by atoms with Gasteiger partial charge >= 0.3 is 0 Å². The van der Waals surface area contributed by atoms with E-state index in [-0.39, 0.29) is 5.41 Å². The topological polar surface area (TPSA) is 17.1 Å². The van der Waals surface area contributed by atoms with E-state index in [0.717, 1.165) is 24.8 Å². The largest absolute Gasteiger partial charge is 0.299 e. The van der Waals surface area contributed by atoms with Gasteiger partial charge < -0.3 is 0 Å². The number of halogens is 2. The summed E-state index contributed by atoms with van der Waals surface area (Å²) >= 11 is 12.0. The van der Waals surface area contributed by atoms with Crippen molar-refractivity contribution in [2.24, 2.45) is 5.41 Å². The summed E-state index contributed by atoms with van der Waals surface area (Å²) in [5.74, 6) is 0.340. The van der Waals surface area contributed by atoms with E-state index < -0.39 is 0 Å². The minimum atomic E-state index is -0.0943. The number of carbonyl (C=O) groups excluding carboxylic acids is 1. The summed E-state index contributed by atoms with van der Waals surface area (Å²) in [6.07, 6.45) is 5.80. The zero-order valence-corrected chi connectivity index (χ0v) is 12.2. The van der Waals surface area contributed by atoms with Gasteiger partial charge in [-0.2, -0.15) is 0 Å². The molecule has 1 nitrogen and oxygen atoms in total. The predicted octanol–water partition coefficient (Wildman–Crippen LogP) is 5.08. The summed E-state index contributed by atoms with van der Waals surface area (Å²) in [5.41, 5.74) is 0.800. The summed E-state index contributed by atoms with van der Waals surface area (Å²) in [6, 6.07) is 5.36. The van der Waals surface area contributed by atoms with Crippen molar-refractivity contribution in [1.29, 1.82) is 0 Å². The van der Waals surface area contributed by atoms with E-state index in [1.165, 1.54) is 12.8 Å². The van der Waals surface area contributed by atoms with Crippen LogP contribution in [0.25, 0.3) is 0 Å². The van der Waals surface area contributed by atoms with E-state index in [2.05, 4.69) is 6.92 Å². The van der Waals surface area contributed by atoms with Gasteiger partial charge in [0.05, 0.1) is 0 Å². The SMILES string of the molecule is CCC1(C(=O)Cc2ccc(Cl)cc2Cl)CCCC1. The Kier molecular flexibility index (Phi) is 4.34. The smallest absolute Gasteiger partial charge is 0.143 e. The second-order valence-corrected chi connectivity index (χ2v) is 6.02. The molecule has 0 N–H and O–H groups in total. The highest BCUT2D eigenvalue weighted by Crippen LogP contribution is 2.42. The molecule has 1 aliphatic carbocycles. The molecule has 2 rings (SSSR count). The van der Waals surface area contributed by atoms with E-state index in [0.29, 0.717) is 22.2 Å². The summed E-state index contributed by atoms with van der Waals surface area (Å²) in [6.45, 7) is 2.12. The molecular weight excluding hydrogens is 267 g/mol. The van der Waals surface area contributed by atoms with E-state index in [1.807, 2.05) is 6.07 Å². The van der Waals surface area contributed by atoms with E-state index in [4.69, 9.17) is 23.2 Å². The highest BCUT2D eigenvalue weighted by molar-refractivity contribution is 6.35. The molecule has 18 heavy (non-hydrogen) atoms. The lowest BCUT2D eigenvalue weighted by atomic mass is 9.77. The first kappa shape index (κ1) is 13.9. The van der Waals surface area contributed by atoms with Crippen LogP contribution in [0.4, 0.5) is 0 Å². The van der Waals surface area contributed by atoms with E-state index >= 15 is 0 Å². The summed E-state index contributed by atoms with van der Waals surface area (Å²) in [7, 11) is 0.